The summed E-state index contributed by atoms with van der Waals surface area (Å²) in [6.07, 6.45) is 4.30. The molecule has 0 spiro atoms. The third kappa shape index (κ3) is 4.49. The van der Waals surface area contributed by atoms with Gasteiger partial charge in [0.05, 0.1) is 6.61 Å². The van der Waals surface area contributed by atoms with Gasteiger partial charge in [-0.05, 0) is 41.5 Å². The summed E-state index contributed by atoms with van der Waals surface area (Å²) in [5.74, 6) is 0.278. The highest BCUT2D eigenvalue weighted by atomic mass is 19.1. The third-order valence-electron chi connectivity index (χ3n) is 4.95. The SMILES string of the molecule is Fc1ccc(-c2cccc(N3CCNCC3)c2)c(OCCc2cccnc2)c1. The molecule has 0 radical (unpaired) electrons. The molecule has 5 heteroatoms. The Morgan fingerprint density at radius 2 is 1.93 bits per heavy atom. The molecule has 0 bridgehead atoms. The average Bonchev–Trinajstić information content (AvgIpc) is 2.75. The minimum absolute atomic E-state index is 0.293. The van der Waals surface area contributed by atoms with Gasteiger partial charge < -0.3 is 15.0 Å². The Labute approximate surface area is 165 Å². The molecule has 3 aromatic rings. The Bertz CT molecular complexity index is 911. The Morgan fingerprint density at radius 1 is 1.04 bits per heavy atom. The van der Waals surface area contributed by atoms with Crippen molar-refractivity contribution in [1.29, 1.82) is 0 Å². The van der Waals surface area contributed by atoms with Crippen molar-refractivity contribution in [3.05, 3.63) is 78.4 Å². The number of hydrogen-bond acceptors (Lipinski definition) is 4. The first kappa shape index (κ1) is 18.4. The molecule has 144 valence electrons. The smallest absolute Gasteiger partial charge is 0.130 e. The zero-order valence-corrected chi connectivity index (χ0v) is 15.8. The molecule has 0 atom stereocenters. The summed E-state index contributed by atoms with van der Waals surface area (Å²) in [6, 6.07) is 17.1. The molecule has 0 aliphatic carbocycles. The van der Waals surface area contributed by atoms with Crippen LogP contribution in [-0.2, 0) is 6.42 Å². The predicted octanol–water partition coefficient (Wildman–Crippen LogP) is 3.92. The first-order valence-corrected chi connectivity index (χ1v) is 9.67. The second-order valence-corrected chi connectivity index (χ2v) is 6.89. The van der Waals surface area contributed by atoms with Gasteiger partial charge >= 0.3 is 0 Å². The van der Waals surface area contributed by atoms with Gasteiger partial charge in [-0.3, -0.25) is 4.98 Å². The molecule has 1 saturated heterocycles. The zero-order chi connectivity index (χ0) is 19.2. The largest absolute Gasteiger partial charge is 0.492 e. The normalized spacial score (nSPS) is 14.1. The number of ether oxygens (including phenoxy) is 1. The fourth-order valence-corrected chi connectivity index (χ4v) is 3.47. The van der Waals surface area contributed by atoms with Crippen LogP contribution in [0, 0.1) is 5.82 Å². The average molecular weight is 377 g/mol. The van der Waals surface area contributed by atoms with Crippen molar-refractivity contribution < 1.29 is 9.13 Å². The number of anilines is 1. The minimum Gasteiger partial charge on any atom is -0.492 e. The number of halogens is 1. The number of aromatic nitrogens is 1. The lowest BCUT2D eigenvalue weighted by Gasteiger charge is -2.29. The maximum atomic E-state index is 13.9. The van der Waals surface area contributed by atoms with E-state index in [9.17, 15) is 4.39 Å². The summed E-state index contributed by atoms with van der Waals surface area (Å²) in [7, 11) is 0. The first-order valence-electron chi connectivity index (χ1n) is 9.67. The van der Waals surface area contributed by atoms with Crippen LogP contribution >= 0.6 is 0 Å². The van der Waals surface area contributed by atoms with Crippen molar-refractivity contribution in [3.63, 3.8) is 0 Å². The number of pyridine rings is 1. The van der Waals surface area contributed by atoms with Crippen LogP contribution in [0.4, 0.5) is 10.1 Å². The second-order valence-electron chi connectivity index (χ2n) is 6.89. The summed E-state index contributed by atoms with van der Waals surface area (Å²) in [4.78, 5) is 6.49. The monoisotopic (exact) mass is 377 g/mol. The lowest BCUT2D eigenvalue weighted by Crippen LogP contribution is -2.43. The molecule has 2 heterocycles. The number of nitrogens with zero attached hydrogens (tertiary/aromatic N) is 2. The Kier molecular flexibility index (Phi) is 5.83. The van der Waals surface area contributed by atoms with E-state index >= 15 is 0 Å². The van der Waals surface area contributed by atoms with E-state index in [1.807, 2.05) is 24.4 Å². The molecule has 0 amide bonds. The summed E-state index contributed by atoms with van der Waals surface area (Å²) in [6.45, 7) is 4.43. The minimum atomic E-state index is -0.293. The van der Waals surface area contributed by atoms with Gasteiger partial charge in [-0.2, -0.15) is 0 Å². The van der Waals surface area contributed by atoms with E-state index in [1.165, 1.54) is 17.8 Å². The number of benzene rings is 2. The highest BCUT2D eigenvalue weighted by Crippen LogP contribution is 2.33. The van der Waals surface area contributed by atoms with E-state index in [0.717, 1.165) is 49.3 Å². The Morgan fingerprint density at radius 3 is 2.75 bits per heavy atom. The maximum absolute atomic E-state index is 13.9. The molecular formula is C23H24FN3O. The molecule has 2 aromatic carbocycles. The van der Waals surface area contributed by atoms with Crippen LogP contribution in [-0.4, -0.2) is 37.8 Å². The van der Waals surface area contributed by atoms with Gasteiger partial charge in [-0.25, -0.2) is 4.39 Å². The van der Waals surface area contributed by atoms with Crippen molar-refractivity contribution in [2.45, 2.75) is 6.42 Å². The number of piperazine rings is 1. The molecule has 1 fully saturated rings. The molecule has 28 heavy (non-hydrogen) atoms. The van der Waals surface area contributed by atoms with Crippen LogP contribution in [0.5, 0.6) is 5.75 Å². The van der Waals surface area contributed by atoms with E-state index in [2.05, 4.69) is 33.4 Å². The topological polar surface area (TPSA) is 37.4 Å². The van der Waals surface area contributed by atoms with E-state index in [4.69, 9.17) is 4.74 Å². The van der Waals surface area contributed by atoms with Gasteiger partial charge in [0.1, 0.15) is 11.6 Å². The second kappa shape index (κ2) is 8.85. The molecule has 4 nitrogen and oxygen atoms in total. The molecule has 1 aliphatic heterocycles. The highest BCUT2D eigenvalue weighted by molar-refractivity contribution is 5.74. The fourth-order valence-electron chi connectivity index (χ4n) is 3.47. The van der Waals surface area contributed by atoms with Gasteiger partial charge in [-0.15, -0.1) is 0 Å². The number of rotatable bonds is 6. The summed E-state index contributed by atoms with van der Waals surface area (Å²) in [5, 5.41) is 3.37. The van der Waals surface area contributed by atoms with Crippen LogP contribution in [0.3, 0.4) is 0 Å². The maximum Gasteiger partial charge on any atom is 0.130 e. The summed E-state index contributed by atoms with van der Waals surface area (Å²) >= 11 is 0. The van der Waals surface area contributed by atoms with Gasteiger partial charge in [-0.1, -0.05) is 18.2 Å². The van der Waals surface area contributed by atoms with Crippen molar-refractivity contribution in [2.24, 2.45) is 0 Å². The van der Waals surface area contributed by atoms with Crippen molar-refractivity contribution in [2.75, 3.05) is 37.7 Å². The number of hydrogen-bond donors (Lipinski definition) is 1. The molecule has 1 N–H and O–H groups in total. The highest BCUT2D eigenvalue weighted by Gasteiger charge is 2.13. The summed E-state index contributed by atoms with van der Waals surface area (Å²) < 4.78 is 19.8. The van der Waals surface area contributed by atoms with Gasteiger partial charge in [0.25, 0.3) is 0 Å². The van der Waals surface area contributed by atoms with Gasteiger partial charge in [0.2, 0.25) is 0 Å². The Hall–Kier alpha value is -2.92. The quantitative estimate of drug-likeness (QED) is 0.707. The molecular weight excluding hydrogens is 353 g/mol. The van der Waals surface area contributed by atoms with Crippen molar-refractivity contribution in [3.8, 4) is 16.9 Å². The molecule has 1 aliphatic rings. The molecule has 0 unspecified atom stereocenters. The fraction of sp³-hybridized carbons (Fsp3) is 0.261. The zero-order valence-electron chi connectivity index (χ0n) is 15.8. The van der Waals surface area contributed by atoms with E-state index in [1.54, 1.807) is 12.3 Å². The lowest BCUT2D eigenvalue weighted by molar-refractivity contribution is 0.321. The van der Waals surface area contributed by atoms with E-state index in [-0.39, 0.29) is 5.82 Å². The molecule has 0 saturated carbocycles. The summed E-state index contributed by atoms with van der Waals surface area (Å²) in [5.41, 5.74) is 4.22. The standard InChI is InChI=1S/C23H24FN3O/c24-20-6-7-22(23(16-20)28-14-8-18-3-2-9-26-17-18)19-4-1-5-21(15-19)27-12-10-25-11-13-27/h1-7,9,15-17,25H,8,10-14H2. The van der Waals surface area contributed by atoms with Crippen LogP contribution < -0.4 is 15.0 Å². The van der Waals surface area contributed by atoms with Crippen molar-refractivity contribution >= 4 is 5.69 Å². The van der Waals surface area contributed by atoms with Crippen LogP contribution in [0.15, 0.2) is 67.0 Å². The van der Waals surface area contributed by atoms with Crippen LogP contribution in [0.2, 0.25) is 0 Å². The third-order valence-corrected chi connectivity index (χ3v) is 4.95. The van der Waals surface area contributed by atoms with Gasteiger partial charge in [0, 0.05) is 62.3 Å². The van der Waals surface area contributed by atoms with E-state index < -0.39 is 0 Å². The lowest BCUT2D eigenvalue weighted by atomic mass is 10.0. The number of nitrogens with one attached hydrogen (secondary N) is 1. The Balaban J connectivity index is 1.54. The van der Waals surface area contributed by atoms with Crippen LogP contribution in [0.25, 0.3) is 11.1 Å². The predicted molar refractivity (Wildman–Crippen MR) is 110 cm³/mol. The van der Waals surface area contributed by atoms with Crippen molar-refractivity contribution in [1.82, 2.24) is 10.3 Å². The van der Waals surface area contributed by atoms with Crippen LogP contribution in [0.1, 0.15) is 5.56 Å². The molecule has 4 rings (SSSR count). The first-order chi connectivity index (χ1) is 13.8. The van der Waals surface area contributed by atoms with Gasteiger partial charge in [0.15, 0.2) is 0 Å². The molecule has 1 aromatic heterocycles. The van der Waals surface area contributed by atoms with E-state index in [0.29, 0.717) is 12.4 Å².